The monoisotopic (exact) mass is 487 g/mol. The predicted octanol–water partition coefficient (Wildman–Crippen LogP) is 4.23. The molecule has 0 unspecified atom stereocenters. The third kappa shape index (κ3) is 4.61. The van der Waals surface area contributed by atoms with Gasteiger partial charge in [-0.05, 0) is 47.0 Å². The second-order valence-electron chi connectivity index (χ2n) is 8.37. The Labute approximate surface area is 207 Å². The van der Waals surface area contributed by atoms with Crippen molar-refractivity contribution in [2.75, 3.05) is 44.7 Å². The van der Waals surface area contributed by atoms with E-state index in [1.807, 2.05) is 54.6 Å². The number of anilines is 1. The number of carbonyl (C=O) groups excluding carboxylic acids is 3. The fourth-order valence-electron chi connectivity index (χ4n) is 4.46. The van der Waals surface area contributed by atoms with Crippen LogP contribution in [0.4, 0.5) is 10.5 Å². The second kappa shape index (κ2) is 9.84. The van der Waals surface area contributed by atoms with Crippen molar-refractivity contribution in [3.05, 3.63) is 77.2 Å². The molecule has 0 atom stereocenters. The van der Waals surface area contributed by atoms with Crippen LogP contribution < -0.4 is 9.64 Å². The molecule has 2 fully saturated rings. The van der Waals surface area contributed by atoms with Gasteiger partial charge in [-0.25, -0.2) is 0 Å². The molecule has 2 aliphatic heterocycles. The third-order valence-electron chi connectivity index (χ3n) is 6.34. The molecule has 2 heterocycles. The lowest BCUT2D eigenvalue weighted by atomic mass is 10.0. The predicted molar refractivity (Wildman–Crippen MR) is 138 cm³/mol. The lowest BCUT2D eigenvalue weighted by Gasteiger charge is -2.36. The Balaban J connectivity index is 1.27. The Kier molecular flexibility index (Phi) is 6.46. The topological polar surface area (TPSA) is 70.2 Å². The molecule has 35 heavy (non-hydrogen) atoms. The van der Waals surface area contributed by atoms with Gasteiger partial charge < -0.3 is 14.5 Å². The van der Waals surface area contributed by atoms with Crippen LogP contribution in [-0.2, 0) is 9.59 Å². The van der Waals surface area contributed by atoms with Gasteiger partial charge in [0, 0.05) is 37.3 Å². The summed E-state index contributed by atoms with van der Waals surface area (Å²) in [6.07, 6.45) is 1.72. The molecule has 0 radical (unpaired) electrons. The Morgan fingerprint density at radius 3 is 2.31 bits per heavy atom. The van der Waals surface area contributed by atoms with E-state index in [0.717, 1.165) is 44.4 Å². The average Bonchev–Trinajstić information content (AvgIpc) is 3.16. The molecule has 0 bridgehead atoms. The molecule has 2 aliphatic rings. The molecule has 3 aromatic rings. The molecule has 3 aromatic carbocycles. The molecule has 0 aliphatic carbocycles. The van der Waals surface area contributed by atoms with Crippen molar-refractivity contribution in [3.63, 3.8) is 0 Å². The highest BCUT2D eigenvalue weighted by molar-refractivity contribution is 8.18. The lowest BCUT2D eigenvalue weighted by Crippen LogP contribution is -2.51. The van der Waals surface area contributed by atoms with Crippen LogP contribution in [0.25, 0.3) is 16.8 Å². The number of piperazine rings is 1. The minimum absolute atomic E-state index is 0.212. The number of carbonyl (C=O) groups is 3. The summed E-state index contributed by atoms with van der Waals surface area (Å²) in [5, 5.41) is 1.43. The number of hydrogen-bond acceptors (Lipinski definition) is 6. The Morgan fingerprint density at radius 2 is 1.60 bits per heavy atom. The lowest BCUT2D eigenvalue weighted by molar-refractivity contribution is -0.136. The van der Waals surface area contributed by atoms with Crippen molar-refractivity contribution in [2.24, 2.45) is 0 Å². The molecule has 5 rings (SSSR count). The SMILES string of the molecule is COc1ccc(/C=C2/SC(=O)N(CC(=O)N3CCN(c4ccccc4)CC3)C2=O)c2ccccc12. The van der Waals surface area contributed by atoms with Gasteiger partial charge in [0.05, 0.1) is 12.0 Å². The van der Waals surface area contributed by atoms with Gasteiger partial charge in [0.25, 0.3) is 11.1 Å². The van der Waals surface area contributed by atoms with E-state index in [1.54, 1.807) is 18.1 Å². The van der Waals surface area contributed by atoms with Crippen molar-refractivity contribution < 1.29 is 19.1 Å². The van der Waals surface area contributed by atoms with Crippen molar-refractivity contribution in [1.29, 1.82) is 0 Å². The molecule has 2 saturated heterocycles. The van der Waals surface area contributed by atoms with Gasteiger partial charge in [-0.3, -0.25) is 19.3 Å². The van der Waals surface area contributed by atoms with Crippen LogP contribution in [-0.4, -0.2) is 66.7 Å². The average molecular weight is 488 g/mol. The first-order valence-corrected chi connectivity index (χ1v) is 12.3. The number of methoxy groups -OCH3 is 1. The van der Waals surface area contributed by atoms with E-state index < -0.39 is 11.1 Å². The molecule has 3 amide bonds. The second-order valence-corrected chi connectivity index (χ2v) is 9.37. The summed E-state index contributed by atoms with van der Waals surface area (Å²) in [4.78, 5) is 43.9. The van der Waals surface area contributed by atoms with E-state index in [4.69, 9.17) is 4.74 Å². The number of ether oxygens (including phenoxy) is 1. The van der Waals surface area contributed by atoms with Crippen molar-refractivity contribution in [1.82, 2.24) is 9.80 Å². The van der Waals surface area contributed by atoms with E-state index in [2.05, 4.69) is 17.0 Å². The minimum atomic E-state index is -0.434. The van der Waals surface area contributed by atoms with E-state index in [0.29, 0.717) is 31.1 Å². The maximum absolute atomic E-state index is 13.0. The molecule has 7 nitrogen and oxygen atoms in total. The Bertz CT molecular complexity index is 1320. The Hall–Kier alpha value is -3.78. The van der Waals surface area contributed by atoms with Crippen LogP contribution >= 0.6 is 11.8 Å². The normalized spacial score (nSPS) is 17.5. The summed E-state index contributed by atoms with van der Waals surface area (Å²) in [6.45, 7) is 2.29. The number of amides is 3. The minimum Gasteiger partial charge on any atom is -0.496 e. The molecule has 0 saturated carbocycles. The van der Waals surface area contributed by atoms with Crippen LogP contribution in [0.1, 0.15) is 5.56 Å². The molecular formula is C27H25N3O4S. The van der Waals surface area contributed by atoms with Gasteiger partial charge >= 0.3 is 0 Å². The highest BCUT2D eigenvalue weighted by atomic mass is 32.2. The zero-order valence-electron chi connectivity index (χ0n) is 19.3. The molecule has 0 aromatic heterocycles. The summed E-state index contributed by atoms with van der Waals surface area (Å²) in [5.41, 5.74) is 1.94. The van der Waals surface area contributed by atoms with Crippen LogP contribution in [0.2, 0.25) is 0 Å². The molecular weight excluding hydrogens is 462 g/mol. The first-order valence-electron chi connectivity index (χ1n) is 11.4. The zero-order valence-corrected chi connectivity index (χ0v) is 20.2. The summed E-state index contributed by atoms with van der Waals surface area (Å²) >= 11 is 0.870. The summed E-state index contributed by atoms with van der Waals surface area (Å²) < 4.78 is 5.44. The smallest absolute Gasteiger partial charge is 0.294 e. The van der Waals surface area contributed by atoms with Crippen LogP contribution in [0, 0.1) is 0 Å². The Morgan fingerprint density at radius 1 is 0.914 bits per heavy atom. The van der Waals surface area contributed by atoms with Gasteiger partial charge in [-0.15, -0.1) is 0 Å². The van der Waals surface area contributed by atoms with Gasteiger partial charge in [-0.2, -0.15) is 0 Å². The molecule has 0 N–H and O–H groups in total. The van der Waals surface area contributed by atoms with Crippen molar-refractivity contribution in [2.45, 2.75) is 0 Å². The first kappa shape index (κ1) is 23.0. The van der Waals surface area contributed by atoms with Crippen LogP contribution in [0.5, 0.6) is 5.75 Å². The maximum atomic E-state index is 13.0. The number of fused-ring (bicyclic) bond motifs is 1. The van der Waals surface area contributed by atoms with E-state index in [9.17, 15) is 14.4 Å². The largest absolute Gasteiger partial charge is 0.496 e. The number of imide groups is 1. The maximum Gasteiger partial charge on any atom is 0.294 e. The van der Waals surface area contributed by atoms with Gasteiger partial charge in [0.2, 0.25) is 5.91 Å². The summed E-state index contributed by atoms with van der Waals surface area (Å²) in [6, 6.07) is 21.5. The van der Waals surface area contributed by atoms with E-state index in [-0.39, 0.29) is 12.5 Å². The highest BCUT2D eigenvalue weighted by Gasteiger charge is 2.37. The number of nitrogens with zero attached hydrogens (tertiary/aromatic N) is 3. The zero-order chi connectivity index (χ0) is 24.4. The summed E-state index contributed by atoms with van der Waals surface area (Å²) in [7, 11) is 1.62. The van der Waals surface area contributed by atoms with Gasteiger partial charge in [0.15, 0.2) is 0 Å². The fourth-order valence-corrected chi connectivity index (χ4v) is 5.29. The van der Waals surface area contributed by atoms with Gasteiger partial charge in [-0.1, -0.05) is 48.5 Å². The number of thioether (sulfide) groups is 1. The number of benzene rings is 3. The third-order valence-corrected chi connectivity index (χ3v) is 7.25. The summed E-state index contributed by atoms with van der Waals surface area (Å²) in [5.74, 6) is 0.0937. The number of para-hydroxylation sites is 1. The molecule has 178 valence electrons. The number of rotatable bonds is 5. The van der Waals surface area contributed by atoms with Gasteiger partial charge in [0.1, 0.15) is 12.3 Å². The van der Waals surface area contributed by atoms with E-state index in [1.165, 1.54) is 0 Å². The quantitative estimate of drug-likeness (QED) is 0.502. The van der Waals surface area contributed by atoms with Crippen LogP contribution in [0.15, 0.2) is 71.6 Å². The van der Waals surface area contributed by atoms with E-state index >= 15 is 0 Å². The fraction of sp³-hybridized carbons (Fsp3) is 0.222. The van der Waals surface area contributed by atoms with Crippen LogP contribution in [0.3, 0.4) is 0 Å². The van der Waals surface area contributed by atoms with Crippen molar-refractivity contribution >= 4 is 51.4 Å². The number of hydrogen-bond donors (Lipinski definition) is 0. The standard InChI is InChI=1S/C27H25N3O4S/c1-34-23-12-11-19(21-9-5-6-10-22(21)23)17-24-26(32)30(27(33)35-24)18-25(31)29-15-13-28(14-16-29)20-7-3-2-4-8-20/h2-12,17H,13-16,18H2,1H3/b24-17+. The molecule has 0 spiro atoms. The van der Waals surface area contributed by atoms with Crippen molar-refractivity contribution in [3.8, 4) is 5.75 Å². The molecule has 8 heteroatoms. The highest BCUT2D eigenvalue weighted by Crippen LogP contribution is 2.35. The first-order chi connectivity index (χ1) is 17.0.